The van der Waals surface area contributed by atoms with E-state index in [2.05, 4.69) is 36.4 Å². The Kier molecular flexibility index (Phi) is 7.99. The Morgan fingerprint density at radius 2 is 1.31 bits per heavy atom. The SMILES string of the molecule is CCOc1ccc(Nc2nc(NNC(=O)c3ccc(Cl)cc3)nc(Nc3ccc(OC)cc3)n2)cc1. The van der Waals surface area contributed by atoms with Gasteiger partial charge in [-0.1, -0.05) is 11.6 Å². The molecule has 0 bridgehead atoms. The molecule has 0 aliphatic carbocycles. The van der Waals surface area contributed by atoms with Gasteiger partial charge in [-0.2, -0.15) is 15.0 Å². The highest BCUT2D eigenvalue weighted by Crippen LogP contribution is 2.22. The number of carbonyl (C=O) groups is 1. The van der Waals surface area contributed by atoms with Gasteiger partial charge in [0.2, 0.25) is 17.8 Å². The topological polar surface area (TPSA) is 122 Å². The number of ether oxygens (including phenoxy) is 2. The zero-order valence-corrected chi connectivity index (χ0v) is 20.3. The lowest BCUT2D eigenvalue weighted by Crippen LogP contribution is -2.30. The average molecular weight is 506 g/mol. The van der Waals surface area contributed by atoms with E-state index in [1.165, 1.54) is 0 Å². The molecule has 4 N–H and O–H groups in total. The summed E-state index contributed by atoms with van der Waals surface area (Å²) in [5.74, 6) is 1.74. The second-order valence-corrected chi connectivity index (χ2v) is 7.76. The fourth-order valence-corrected chi connectivity index (χ4v) is 3.19. The number of hydrazine groups is 1. The minimum atomic E-state index is -0.377. The first-order chi connectivity index (χ1) is 17.5. The van der Waals surface area contributed by atoms with Crippen molar-refractivity contribution in [2.24, 2.45) is 0 Å². The molecule has 11 heteroatoms. The minimum Gasteiger partial charge on any atom is -0.497 e. The molecule has 0 aliphatic heterocycles. The predicted octanol–water partition coefficient (Wildman–Crippen LogP) is 5.18. The largest absolute Gasteiger partial charge is 0.497 e. The van der Waals surface area contributed by atoms with Crippen molar-refractivity contribution in [1.29, 1.82) is 0 Å². The lowest BCUT2D eigenvalue weighted by Gasteiger charge is -2.12. The van der Waals surface area contributed by atoms with Crippen molar-refractivity contribution in [3.05, 3.63) is 83.4 Å². The number of methoxy groups -OCH3 is 1. The number of carbonyl (C=O) groups excluding carboxylic acids is 1. The summed E-state index contributed by atoms with van der Waals surface area (Å²) in [6.07, 6.45) is 0. The molecule has 4 aromatic rings. The maximum Gasteiger partial charge on any atom is 0.269 e. The van der Waals surface area contributed by atoms with Crippen molar-refractivity contribution in [1.82, 2.24) is 20.4 Å². The molecule has 1 aromatic heterocycles. The number of hydrogen-bond donors (Lipinski definition) is 4. The molecule has 0 fully saturated rings. The second kappa shape index (κ2) is 11.7. The van der Waals surface area contributed by atoms with Gasteiger partial charge >= 0.3 is 0 Å². The van der Waals surface area contributed by atoms with Crippen LogP contribution in [0, 0.1) is 0 Å². The summed E-state index contributed by atoms with van der Waals surface area (Å²) in [6.45, 7) is 2.51. The van der Waals surface area contributed by atoms with E-state index in [0.717, 1.165) is 22.9 Å². The smallest absolute Gasteiger partial charge is 0.269 e. The molecule has 10 nitrogen and oxygen atoms in total. The van der Waals surface area contributed by atoms with E-state index in [1.54, 1.807) is 31.4 Å². The number of rotatable bonds is 10. The summed E-state index contributed by atoms with van der Waals surface area (Å²) in [5.41, 5.74) is 7.23. The normalized spacial score (nSPS) is 10.3. The van der Waals surface area contributed by atoms with Crippen LogP contribution in [0.4, 0.5) is 29.2 Å². The summed E-state index contributed by atoms with van der Waals surface area (Å²) in [4.78, 5) is 25.7. The number of nitrogens with zero attached hydrogens (tertiary/aromatic N) is 3. The van der Waals surface area contributed by atoms with Crippen molar-refractivity contribution < 1.29 is 14.3 Å². The number of amides is 1. The number of halogens is 1. The molecule has 0 saturated heterocycles. The molecular weight excluding hydrogens is 482 g/mol. The van der Waals surface area contributed by atoms with Crippen LogP contribution in [0.5, 0.6) is 11.5 Å². The lowest BCUT2D eigenvalue weighted by molar-refractivity contribution is 0.0962. The summed E-state index contributed by atoms with van der Waals surface area (Å²) < 4.78 is 10.7. The summed E-state index contributed by atoms with van der Waals surface area (Å²) in [5, 5.41) is 6.80. The van der Waals surface area contributed by atoms with E-state index >= 15 is 0 Å². The summed E-state index contributed by atoms with van der Waals surface area (Å²) >= 11 is 5.90. The van der Waals surface area contributed by atoms with Crippen LogP contribution in [0.1, 0.15) is 17.3 Å². The Morgan fingerprint density at radius 1 is 0.778 bits per heavy atom. The Balaban J connectivity index is 1.54. The van der Waals surface area contributed by atoms with Crippen LogP contribution in [-0.2, 0) is 0 Å². The quantitative estimate of drug-likeness (QED) is 0.216. The first kappa shape index (κ1) is 24.6. The molecule has 184 valence electrons. The third-order valence-corrected chi connectivity index (χ3v) is 5.05. The van der Waals surface area contributed by atoms with Gasteiger partial charge in [0.25, 0.3) is 5.91 Å². The number of hydrogen-bond acceptors (Lipinski definition) is 9. The number of anilines is 5. The maximum absolute atomic E-state index is 12.5. The molecule has 0 radical (unpaired) electrons. The molecule has 0 spiro atoms. The third-order valence-electron chi connectivity index (χ3n) is 4.80. The van der Waals surface area contributed by atoms with Crippen LogP contribution >= 0.6 is 11.6 Å². The van der Waals surface area contributed by atoms with Crippen LogP contribution in [0.25, 0.3) is 0 Å². The summed E-state index contributed by atoms with van der Waals surface area (Å²) in [7, 11) is 1.60. The van der Waals surface area contributed by atoms with Gasteiger partial charge in [-0.05, 0) is 79.7 Å². The first-order valence-corrected chi connectivity index (χ1v) is 11.4. The van der Waals surface area contributed by atoms with Gasteiger partial charge in [0, 0.05) is 22.0 Å². The Labute approximate surface area is 213 Å². The zero-order chi connectivity index (χ0) is 25.3. The fraction of sp³-hybridized carbons (Fsp3) is 0.120. The molecule has 36 heavy (non-hydrogen) atoms. The first-order valence-electron chi connectivity index (χ1n) is 11.0. The van der Waals surface area contributed by atoms with Gasteiger partial charge < -0.3 is 20.1 Å². The Hall–Kier alpha value is -4.57. The van der Waals surface area contributed by atoms with Crippen molar-refractivity contribution in [3.63, 3.8) is 0 Å². The van der Waals surface area contributed by atoms with E-state index in [9.17, 15) is 4.79 Å². The van der Waals surface area contributed by atoms with Gasteiger partial charge in [0.05, 0.1) is 13.7 Å². The van der Waals surface area contributed by atoms with E-state index < -0.39 is 0 Å². The van der Waals surface area contributed by atoms with Crippen LogP contribution in [0.15, 0.2) is 72.8 Å². The lowest BCUT2D eigenvalue weighted by atomic mass is 10.2. The van der Waals surface area contributed by atoms with Crippen molar-refractivity contribution in [3.8, 4) is 11.5 Å². The van der Waals surface area contributed by atoms with Crippen LogP contribution in [0.2, 0.25) is 5.02 Å². The molecule has 0 unspecified atom stereocenters. The number of aromatic nitrogens is 3. The molecule has 0 saturated carbocycles. The highest BCUT2D eigenvalue weighted by atomic mass is 35.5. The second-order valence-electron chi connectivity index (χ2n) is 7.33. The van der Waals surface area contributed by atoms with Gasteiger partial charge in [0.1, 0.15) is 11.5 Å². The van der Waals surface area contributed by atoms with Gasteiger partial charge in [-0.15, -0.1) is 0 Å². The molecule has 0 atom stereocenters. The standard InChI is InChI=1S/C25H24ClN7O3/c1-3-36-21-14-10-19(11-15-21)28-24-29-23(27-18-8-12-20(35-2)13-9-18)30-25(31-24)33-32-22(34)16-4-6-17(26)7-5-16/h4-15H,3H2,1-2H3,(H,32,34)(H3,27,28,29,30,31,33). The maximum atomic E-state index is 12.5. The fourth-order valence-electron chi connectivity index (χ4n) is 3.06. The highest BCUT2D eigenvalue weighted by Gasteiger charge is 2.11. The van der Waals surface area contributed by atoms with Crippen LogP contribution < -0.4 is 31.0 Å². The zero-order valence-electron chi connectivity index (χ0n) is 19.6. The third kappa shape index (κ3) is 6.73. The molecular formula is C25H24ClN7O3. The van der Waals surface area contributed by atoms with Gasteiger partial charge in [0.15, 0.2) is 0 Å². The highest BCUT2D eigenvalue weighted by molar-refractivity contribution is 6.30. The minimum absolute atomic E-state index is 0.122. The molecule has 1 amide bonds. The Morgan fingerprint density at radius 3 is 1.83 bits per heavy atom. The monoisotopic (exact) mass is 505 g/mol. The van der Waals surface area contributed by atoms with Gasteiger partial charge in [-0.25, -0.2) is 0 Å². The molecule has 3 aromatic carbocycles. The molecule has 1 heterocycles. The van der Waals surface area contributed by atoms with E-state index in [0.29, 0.717) is 17.2 Å². The van der Waals surface area contributed by atoms with Crippen LogP contribution in [-0.4, -0.2) is 34.6 Å². The predicted molar refractivity (Wildman–Crippen MR) is 140 cm³/mol. The average Bonchev–Trinajstić information content (AvgIpc) is 2.89. The van der Waals surface area contributed by atoms with Crippen molar-refractivity contribution >= 4 is 46.7 Å². The Bertz CT molecular complexity index is 1300. The van der Waals surface area contributed by atoms with Gasteiger partial charge in [-0.3, -0.25) is 15.6 Å². The number of nitrogens with one attached hydrogen (secondary N) is 4. The van der Waals surface area contributed by atoms with Crippen molar-refractivity contribution in [2.45, 2.75) is 6.92 Å². The number of benzene rings is 3. The van der Waals surface area contributed by atoms with E-state index in [-0.39, 0.29) is 23.8 Å². The molecule has 0 aliphatic rings. The summed E-state index contributed by atoms with van der Waals surface area (Å²) in [6, 6.07) is 21.2. The van der Waals surface area contributed by atoms with Crippen LogP contribution in [0.3, 0.4) is 0 Å². The molecule has 4 rings (SSSR count). The van der Waals surface area contributed by atoms with Crippen molar-refractivity contribution in [2.75, 3.05) is 29.8 Å². The van der Waals surface area contributed by atoms with E-state index in [1.807, 2.05) is 55.5 Å². The van der Waals surface area contributed by atoms with E-state index in [4.69, 9.17) is 21.1 Å².